The fourth-order valence-corrected chi connectivity index (χ4v) is 1.76. The Balaban J connectivity index is 0. The van der Waals surface area contributed by atoms with Gasteiger partial charge in [0.25, 0.3) is 0 Å². The Kier molecular flexibility index (Phi) is 15.3. The quantitative estimate of drug-likeness (QED) is 0.171. The SMILES string of the molecule is C=CCCCCCCCCCOS(=O)(=O)[O-].[Na+]. The number of rotatable bonds is 11. The van der Waals surface area contributed by atoms with Crippen LogP contribution in [0.2, 0.25) is 0 Å². The Labute approximate surface area is 127 Å². The molecule has 0 fully saturated rings. The molecule has 0 rings (SSSR count). The van der Waals surface area contributed by atoms with Gasteiger partial charge in [-0.3, -0.25) is 4.18 Å². The molecule has 0 amide bonds. The van der Waals surface area contributed by atoms with Crippen molar-refractivity contribution in [3.8, 4) is 0 Å². The third-order valence-electron chi connectivity index (χ3n) is 2.28. The van der Waals surface area contributed by atoms with Crippen molar-refractivity contribution in [1.29, 1.82) is 0 Å². The van der Waals surface area contributed by atoms with Gasteiger partial charge in [0.15, 0.2) is 0 Å². The van der Waals surface area contributed by atoms with Gasteiger partial charge in [0, 0.05) is 0 Å². The van der Waals surface area contributed by atoms with Crippen molar-refractivity contribution in [2.75, 3.05) is 6.61 Å². The van der Waals surface area contributed by atoms with E-state index in [4.69, 9.17) is 0 Å². The minimum atomic E-state index is -4.49. The van der Waals surface area contributed by atoms with Crippen LogP contribution in [0.3, 0.4) is 0 Å². The van der Waals surface area contributed by atoms with E-state index in [-0.39, 0.29) is 36.2 Å². The fourth-order valence-electron chi connectivity index (χ4n) is 1.44. The molecule has 0 saturated carbocycles. The average Bonchev–Trinajstić information content (AvgIpc) is 2.19. The second-order valence-corrected chi connectivity index (χ2v) is 4.83. The van der Waals surface area contributed by atoms with Gasteiger partial charge in [0.1, 0.15) is 0 Å². The molecule has 0 atom stereocenters. The summed E-state index contributed by atoms with van der Waals surface area (Å²) in [4.78, 5) is 0. The van der Waals surface area contributed by atoms with Gasteiger partial charge >= 0.3 is 29.6 Å². The van der Waals surface area contributed by atoms with Gasteiger partial charge in [-0.25, -0.2) is 8.42 Å². The summed E-state index contributed by atoms with van der Waals surface area (Å²) < 4.78 is 34.3. The van der Waals surface area contributed by atoms with E-state index in [1.807, 2.05) is 6.08 Å². The largest absolute Gasteiger partial charge is 1.00 e. The maximum Gasteiger partial charge on any atom is 1.00 e. The van der Waals surface area contributed by atoms with Crippen LogP contribution < -0.4 is 29.6 Å². The molecule has 0 N–H and O–H groups in total. The zero-order valence-corrected chi connectivity index (χ0v) is 13.5. The smallest absolute Gasteiger partial charge is 0.726 e. The predicted octanol–water partition coefficient (Wildman–Crippen LogP) is -0.226. The van der Waals surface area contributed by atoms with Crippen molar-refractivity contribution >= 4 is 10.4 Å². The number of hydrogen-bond donors (Lipinski definition) is 0. The van der Waals surface area contributed by atoms with Crippen LogP contribution in [0.15, 0.2) is 12.7 Å². The minimum Gasteiger partial charge on any atom is -0.726 e. The maximum atomic E-state index is 10.1. The number of unbranched alkanes of at least 4 members (excludes halogenated alkanes) is 7. The van der Waals surface area contributed by atoms with Crippen molar-refractivity contribution in [1.82, 2.24) is 0 Å². The van der Waals surface area contributed by atoms with Crippen molar-refractivity contribution < 1.29 is 46.7 Å². The zero-order chi connectivity index (χ0) is 12.3. The van der Waals surface area contributed by atoms with Gasteiger partial charge in [0.05, 0.1) is 6.61 Å². The molecule has 96 valence electrons. The van der Waals surface area contributed by atoms with Gasteiger partial charge in [0.2, 0.25) is 10.4 Å². The summed E-state index contributed by atoms with van der Waals surface area (Å²) in [6.07, 6.45) is 10.4. The molecule has 6 heteroatoms. The van der Waals surface area contributed by atoms with Gasteiger partial charge in [-0.1, -0.05) is 38.2 Å². The molecule has 0 heterocycles. The Morgan fingerprint density at radius 2 is 1.47 bits per heavy atom. The molecule has 4 nitrogen and oxygen atoms in total. The first kappa shape index (κ1) is 19.9. The van der Waals surface area contributed by atoms with Crippen LogP contribution in [0.1, 0.15) is 51.4 Å². The van der Waals surface area contributed by atoms with Gasteiger partial charge in [-0.15, -0.1) is 6.58 Å². The summed E-state index contributed by atoms with van der Waals surface area (Å²) in [5.41, 5.74) is 0. The number of allylic oxidation sites excluding steroid dienone is 1. The molecule has 0 aliphatic heterocycles. The summed E-state index contributed by atoms with van der Waals surface area (Å²) in [6.45, 7) is 3.68. The Hall–Kier alpha value is 0.610. The van der Waals surface area contributed by atoms with E-state index in [2.05, 4.69) is 10.8 Å². The Morgan fingerprint density at radius 3 is 1.94 bits per heavy atom. The molecule has 0 aromatic carbocycles. The van der Waals surface area contributed by atoms with Crippen LogP contribution in [0.5, 0.6) is 0 Å². The van der Waals surface area contributed by atoms with Crippen molar-refractivity contribution in [2.24, 2.45) is 0 Å². The summed E-state index contributed by atoms with van der Waals surface area (Å²) in [5, 5.41) is 0. The van der Waals surface area contributed by atoms with Crippen LogP contribution in [0.4, 0.5) is 0 Å². The van der Waals surface area contributed by atoms with E-state index in [1.54, 1.807) is 0 Å². The molecular weight excluding hydrogens is 251 g/mol. The Morgan fingerprint density at radius 1 is 1.00 bits per heavy atom. The van der Waals surface area contributed by atoms with Crippen LogP contribution in [-0.2, 0) is 14.6 Å². The average molecular weight is 272 g/mol. The molecule has 0 aliphatic carbocycles. The molecule has 0 aromatic heterocycles. The third kappa shape index (κ3) is 19.1. The van der Waals surface area contributed by atoms with Gasteiger partial charge < -0.3 is 4.55 Å². The minimum absolute atomic E-state index is 0. The first-order valence-corrected chi connectivity index (χ1v) is 7.11. The monoisotopic (exact) mass is 272 g/mol. The number of hydrogen-bond acceptors (Lipinski definition) is 4. The first-order valence-electron chi connectivity index (χ1n) is 5.77. The molecule has 0 saturated heterocycles. The van der Waals surface area contributed by atoms with Crippen molar-refractivity contribution in [3.63, 3.8) is 0 Å². The van der Waals surface area contributed by atoms with Crippen LogP contribution in [0, 0.1) is 0 Å². The second-order valence-electron chi connectivity index (χ2n) is 3.78. The molecule has 0 spiro atoms. The molecule has 0 aromatic rings. The molecule has 0 radical (unpaired) electrons. The van der Waals surface area contributed by atoms with Crippen molar-refractivity contribution in [2.45, 2.75) is 51.4 Å². The summed E-state index contributed by atoms with van der Waals surface area (Å²) in [7, 11) is -4.49. The van der Waals surface area contributed by atoms with Crippen molar-refractivity contribution in [3.05, 3.63) is 12.7 Å². The van der Waals surface area contributed by atoms with Crippen LogP contribution >= 0.6 is 0 Å². The summed E-state index contributed by atoms with van der Waals surface area (Å²) in [6, 6.07) is 0. The topological polar surface area (TPSA) is 66.4 Å². The molecule has 0 bridgehead atoms. The zero-order valence-electron chi connectivity index (χ0n) is 10.7. The molecule has 17 heavy (non-hydrogen) atoms. The molecule has 0 aliphatic rings. The maximum absolute atomic E-state index is 10.1. The first-order chi connectivity index (χ1) is 7.56. The predicted molar refractivity (Wildman–Crippen MR) is 62.8 cm³/mol. The standard InChI is InChI=1S/C11H22O4S.Na/c1-2-3-4-5-6-7-8-9-10-11-15-16(12,13)14;/h2H,1,3-11H2,(H,12,13,14);/q;+1/p-1. The van der Waals surface area contributed by atoms with E-state index in [0.29, 0.717) is 6.42 Å². The van der Waals surface area contributed by atoms with E-state index in [1.165, 1.54) is 19.3 Å². The molecule has 0 unspecified atom stereocenters. The van der Waals surface area contributed by atoms with Gasteiger partial charge in [-0.05, 0) is 19.3 Å². The van der Waals surface area contributed by atoms with E-state index < -0.39 is 10.4 Å². The van der Waals surface area contributed by atoms with Crippen LogP contribution in [-0.4, -0.2) is 19.6 Å². The summed E-state index contributed by atoms with van der Waals surface area (Å²) >= 11 is 0. The fraction of sp³-hybridized carbons (Fsp3) is 0.818. The van der Waals surface area contributed by atoms with Crippen LogP contribution in [0.25, 0.3) is 0 Å². The molecular formula is C11H21NaO4S. The second kappa shape index (κ2) is 13.1. The van der Waals surface area contributed by atoms with E-state index in [9.17, 15) is 13.0 Å². The summed E-state index contributed by atoms with van der Waals surface area (Å²) in [5.74, 6) is 0. The van der Waals surface area contributed by atoms with E-state index in [0.717, 1.165) is 25.7 Å². The van der Waals surface area contributed by atoms with E-state index >= 15 is 0 Å². The van der Waals surface area contributed by atoms with Gasteiger partial charge in [-0.2, -0.15) is 0 Å². The normalized spacial score (nSPS) is 10.9. The third-order valence-corrected chi connectivity index (χ3v) is 2.74. The Bertz CT molecular complexity index is 265.